The predicted molar refractivity (Wildman–Crippen MR) is 91.4 cm³/mol. The third-order valence-electron chi connectivity index (χ3n) is 3.35. The lowest BCUT2D eigenvalue weighted by atomic mass is 10.1. The summed E-state index contributed by atoms with van der Waals surface area (Å²) in [7, 11) is 0. The van der Waals surface area contributed by atoms with E-state index in [2.05, 4.69) is 15.6 Å². The Bertz CT molecular complexity index is 637. The minimum Gasteiger partial charge on any atom is -0.387 e. The molecule has 0 saturated carbocycles. The monoisotopic (exact) mass is 333 g/mol. The van der Waals surface area contributed by atoms with Crippen LogP contribution in [0.2, 0.25) is 5.02 Å². The van der Waals surface area contributed by atoms with Gasteiger partial charge in [-0.05, 0) is 42.8 Å². The van der Waals surface area contributed by atoms with E-state index in [1.165, 1.54) is 0 Å². The van der Waals surface area contributed by atoms with E-state index in [1.54, 1.807) is 48.8 Å². The Morgan fingerprint density at radius 2 is 2.04 bits per heavy atom. The van der Waals surface area contributed by atoms with E-state index in [-0.39, 0.29) is 11.9 Å². The summed E-state index contributed by atoms with van der Waals surface area (Å²) in [4.78, 5) is 15.9. The first kappa shape index (κ1) is 17.4. The number of hydrogen-bond donors (Lipinski definition) is 3. The van der Waals surface area contributed by atoms with E-state index in [1.807, 2.05) is 6.92 Å². The molecule has 122 valence electrons. The highest BCUT2D eigenvalue weighted by Crippen LogP contribution is 2.15. The molecule has 2 rings (SSSR count). The van der Waals surface area contributed by atoms with E-state index < -0.39 is 6.10 Å². The van der Waals surface area contributed by atoms with Gasteiger partial charge < -0.3 is 15.7 Å². The third-order valence-corrected chi connectivity index (χ3v) is 3.59. The number of amides is 1. The molecule has 0 saturated heterocycles. The second kappa shape index (κ2) is 8.62. The van der Waals surface area contributed by atoms with Crippen molar-refractivity contribution in [2.24, 2.45) is 0 Å². The summed E-state index contributed by atoms with van der Waals surface area (Å²) in [6.45, 7) is 2.27. The smallest absolute Gasteiger partial charge is 0.225 e. The highest BCUT2D eigenvalue weighted by Gasteiger charge is 2.12. The molecule has 1 heterocycles. The van der Waals surface area contributed by atoms with E-state index in [9.17, 15) is 9.90 Å². The standard InChI is InChI=1S/C17H20ClN3O2/c1-12(20-11-16(22)13-5-7-19-8-6-13)9-17(23)21-15-4-2-3-14(18)10-15/h2-8,10,12,16,20,22H,9,11H2,1H3,(H,21,23). The molecule has 1 amide bonds. The van der Waals surface area contributed by atoms with Crippen LogP contribution in [0.5, 0.6) is 0 Å². The Balaban J connectivity index is 1.76. The molecule has 23 heavy (non-hydrogen) atoms. The Labute approximate surface area is 140 Å². The molecule has 2 aromatic rings. The highest BCUT2D eigenvalue weighted by molar-refractivity contribution is 6.30. The van der Waals surface area contributed by atoms with Crippen LogP contribution in [-0.4, -0.2) is 28.6 Å². The zero-order chi connectivity index (χ0) is 16.7. The number of anilines is 1. The van der Waals surface area contributed by atoms with Crippen LogP contribution < -0.4 is 10.6 Å². The van der Waals surface area contributed by atoms with E-state index in [0.29, 0.717) is 23.7 Å². The maximum atomic E-state index is 12.0. The summed E-state index contributed by atoms with van der Waals surface area (Å²) in [5, 5.41) is 16.6. The molecule has 2 unspecified atom stereocenters. The van der Waals surface area contributed by atoms with Crippen LogP contribution in [0.25, 0.3) is 0 Å². The molecule has 1 aromatic carbocycles. The van der Waals surface area contributed by atoms with Gasteiger partial charge in [0.05, 0.1) is 6.10 Å². The van der Waals surface area contributed by atoms with Crippen LogP contribution in [0.1, 0.15) is 25.0 Å². The minimum atomic E-state index is -0.628. The van der Waals surface area contributed by atoms with Crippen LogP contribution in [0, 0.1) is 0 Å². The topological polar surface area (TPSA) is 74.2 Å². The lowest BCUT2D eigenvalue weighted by Crippen LogP contribution is -2.33. The number of aliphatic hydroxyl groups excluding tert-OH is 1. The molecule has 6 heteroatoms. The van der Waals surface area contributed by atoms with Crippen molar-refractivity contribution in [3.8, 4) is 0 Å². The molecule has 2 atom stereocenters. The van der Waals surface area contributed by atoms with Crippen molar-refractivity contribution >= 4 is 23.2 Å². The first-order chi connectivity index (χ1) is 11.0. The van der Waals surface area contributed by atoms with Crippen LogP contribution >= 0.6 is 11.6 Å². The normalized spacial score (nSPS) is 13.3. The fraction of sp³-hybridized carbons (Fsp3) is 0.294. The molecule has 0 radical (unpaired) electrons. The van der Waals surface area contributed by atoms with Crippen molar-refractivity contribution < 1.29 is 9.90 Å². The van der Waals surface area contributed by atoms with Gasteiger partial charge in [0.15, 0.2) is 0 Å². The molecule has 0 aliphatic carbocycles. The molecular weight excluding hydrogens is 314 g/mol. The molecule has 0 aliphatic rings. The number of aliphatic hydroxyl groups is 1. The average Bonchev–Trinajstić information content (AvgIpc) is 2.53. The number of halogens is 1. The lowest BCUT2D eigenvalue weighted by molar-refractivity contribution is -0.116. The summed E-state index contributed by atoms with van der Waals surface area (Å²) in [6, 6.07) is 10.5. The number of nitrogens with one attached hydrogen (secondary N) is 2. The summed E-state index contributed by atoms with van der Waals surface area (Å²) in [5.41, 5.74) is 1.47. The van der Waals surface area contributed by atoms with Crippen LogP contribution in [0.3, 0.4) is 0 Å². The van der Waals surface area contributed by atoms with Crippen molar-refractivity contribution in [1.82, 2.24) is 10.3 Å². The molecule has 0 fully saturated rings. The molecule has 3 N–H and O–H groups in total. The van der Waals surface area contributed by atoms with Crippen LogP contribution in [0.4, 0.5) is 5.69 Å². The highest BCUT2D eigenvalue weighted by atomic mass is 35.5. The number of carbonyl (C=O) groups excluding carboxylic acids is 1. The molecule has 0 spiro atoms. The quantitative estimate of drug-likeness (QED) is 0.728. The average molecular weight is 334 g/mol. The van der Waals surface area contributed by atoms with Gasteiger partial charge in [-0.1, -0.05) is 17.7 Å². The van der Waals surface area contributed by atoms with Gasteiger partial charge in [0, 0.05) is 42.1 Å². The van der Waals surface area contributed by atoms with Crippen LogP contribution in [0.15, 0.2) is 48.8 Å². The first-order valence-corrected chi connectivity index (χ1v) is 7.79. The Morgan fingerprint density at radius 1 is 1.30 bits per heavy atom. The van der Waals surface area contributed by atoms with E-state index >= 15 is 0 Å². The fourth-order valence-electron chi connectivity index (χ4n) is 2.14. The number of rotatable bonds is 7. The summed E-state index contributed by atoms with van der Waals surface area (Å²) in [6.07, 6.45) is 2.95. The number of carbonyl (C=O) groups is 1. The van der Waals surface area contributed by atoms with Crippen molar-refractivity contribution in [3.63, 3.8) is 0 Å². The second-order valence-electron chi connectivity index (χ2n) is 5.37. The number of nitrogens with zero attached hydrogens (tertiary/aromatic N) is 1. The predicted octanol–water partition coefficient (Wildman–Crippen LogP) is 2.78. The Morgan fingerprint density at radius 3 is 2.74 bits per heavy atom. The maximum absolute atomic E-state index is 12.0. The summed E-state index contributed by atoms with van der Waals surface area (Å²) >= 11 is 5.88. The first-order valence-electron chi connectivity index (χ1n) is 7.41. The minimum absolute atomic E-state index is 0.0642. The molecule has 5 nitrogen and oxygen atoms in total. The summed E-state index contributed by atoms with van der Waals surface area (Å²) in [5.74, 6) is -0.106. The van der Waals surface area contributed by atoms with Gasteiger partial charge in [-0.3, -0.25) is 9.78 Å². The maximum Gasteiger partial charge on any atom is 0.225 e. The zero-order valence-corrected chi connectivity index (χ0v) is 13.6. The second-order valence-corrected chi connectivity index (χ2v) is 5.80. The molecule has 1 aromatic heterocycles. The molecular formula is C17H20ClN3O2. The number of aromatic nitrogens is 1. The SMILES string of the molecule is CC(CC(=O)Nc1cccc(Cl)c1)NCC(O)c1ccncc1. The van der Waals surface area contributed by atoms with Crippen LogP contribution in [-0.2, 0) is 4.79 Å². The lowest BCUT2D eigenvalue weighted by Gasteiger charge is -2.17. The van der Waals surface area contributed by atoms with Gasteiger partial charge in [-0.15, -0.1) is 0 Å². The van der Waals surface area contributed by atoms with Gasteiger partial charge >= 0.3 is 0 Å². The van der Waals surface area contributed by atoms with Crippen molar-refractivity contribution in [1.29, 1.82) is 0 Å². The van der Waals surface area contributed by atoms with Crippen molar-refractivity contribution in [2.45, 2.75) is 25.5 Å². The van der Waals surface area contributed by atoms with Crippen molar-refractivity contribution in [2.75, 3.05) is 11.9 Å². The number of hydrogen-bond acceptors (Lipinski definition) is 4. The third kappa shape index (κ3) is 5.98. The largest absolute Gasteiger partial charge is 0.387 e. The fourth-order valence-corrected chi connectivity index (χ4v) is 2.34. The zero-order valence-electron chi connectivity index (χ0n) is 12.9. The Kier molecular flexibility index (Phi) is 6.52. The Hall–Kier alpha value is -1.95. The van der Waals surface area contributed by atoms with Crippen molar-refractivity contribution in [3.05, 3.63) is 59.4 Å². The number of pyridine rings is 1. The molecule has 0 aliphatic heterocycles. The van der Waals surface area contributed by atoms with Gasteiger partial charge in [-0.2, -0.15) is 0 Å². The van der Waals surface area contributed by atoms with Gasteiger partial charge in [-0.25, -0.2) is 0 Å². The van der Waals surface area contributed by atoms with Gasteiger partial charge in [0.1, 0.15) is 0 Å². The summed E-state index contributed by atoms with van der Waals surface area (Å²) < 4.78 is 0. The number of benzene rings is 1. The molecule has 0 bridgehead atoms. The van der Waals surface area contributed by atoms with E-state index in [0.717, 1.165) is 5.56 Å². The van der Waals surface area contributed by atoms with Gasteiger partial charge in [0.2, 0.25) is 5.91 Å². The van der Waals surface area contributed by atoms with Gasteiger partial charge in [0.25, 0.3) is 0 Å². The van der Waals surface area contributed by atoms with E-state index in [4.69, 9.17) is 11.6 Å².